The largest absolute Gasteiger partial charge is 0.335 e. The lowest BCUT2D eigenvalue weighted by atomic mass is 10.1. The van der Waals surface area contributed by atoms with E-state index in [1.165, 1.54) is 11.3 Å². The molecule has 32 heavy (non-hydrogen) atoms. The van der Waals surface area contributed by atoms with Gasteiger partial charge in [-0.05, 0) is 31.9 Å². The van der Waals surface area contributed by atoms with Gasteiger partial charge >= 0.3 is 0 Å². The van der Waals surface area contributed by atoms with Gasteiger partial charge in [0.1, 0.15) is 9.88 Å². The normalized spacial score (nSPS) is 14.4. The third-order valence-corrected chi connectivity index (χ3v) is 6.98. The van der Waals surface area contributed by atoms with Gasteiger partial charge in [0.25, 0.3) is 5.91 Å². The van der Waals surface area contributed by atoms with Crippen LogP contribution in [0.25, 0.3) is 10.6 Å². The predicted molar refractivity (Wildman–Crippen MR) is 129 cm³/mol. The zero-order valence-electron chi connectivity index (χ0n) is 18.7. The number of aromatic nitrogens is 1. The van der Waals surface area contributed by atoms with Crippen LogP contribution in [0, 0.1) is 20.8 Å². The molecule has 0 bridgehead atoms. The number of para-hydroxylation sites is 1. The Morgan fingerprint density at radius 3 is 2.25 bits per heavy atom. The van der Waals surface area contributed by atoms with Crippen molar-refractivity contribution in [2.75, 3.05) is 38.0 Å². The van der Waals surface area contributed by atoms with Gasteiger partial charge in [0, 0.05) is 37.4 Å². The fourth-order valence-corrected chi connectivity index (χ4v) is 4.99. The lowest BCUT2D eigenvalue weighted by Gasteiger charge is -2.34. The Balaban J connectivity index is 1.33. The molecule has 1 aliphatic heterocycles. The van der Waals surface area contributed by atoms with Crippen molar-refractivity contribution in [3.63, 3.8) is 0 Å². The molecule has 2 amide bonds. The number of piperazine rings is 1. The smallest absolute Gasteiger partial charge is 0.265 e. The number of nitrogens with one attached hydrogen (secondary N) is 1. The highest BCUT2D eigenvalue weighted by molar-refractivity contribution is 7.17. The molecule has 7 heteroatoms. The van der Waals surface area contributed by atoms with Gasteiger partial charge in [0.2, 0.25) is 5.91 Å². The minimum absolute atomic E-state index is 0.0204. The van der Waals surface area contributed by atoms with Crippen LogP contribution in [-0.2, 0) is 4.79 Å². The van der Waals surface area contributed by atoms with E-state index < -0.39 is 0 Å². The highest BCUT2D eigenvalue weighted by Gasteiger charge is 2.26. The Morgan fingerprint density at radius 2 is 1.59 bits per heavy atom. The fourth-order valence-electron chi connectivity index (χ4n) is 3.95. The number of nitrogens with zero attached hydrogens (tertiary/aromatic N) is 3. The van der Waals surface area contributed by atoms with E-state index in [-0.39, 0.29) is 11.8 Å². The zero-order chi connectivity index (χ0) is 22.7. The van der Waals surface area contributed by atoms with Crippen molar-refractivity contribution in [3.05, 3.63) is 70.2 Å². The standard InChI is InChI=1S/C25H28N4O2S/c1-17-8-7-9-18(2)22(17)27-21(30)16-28-12-14-29(15-13-28)25(31)23-19(3)26-24(32-23)20-10-5-4-6-11-20/h4-11H,12-16H2,1-3H3,(H,27,30). The lowest BCUT2D eigenvalue weighted by molar-refractivity contribution is -0.117. The van der Waals surface area contributed by atoms with Crippen LogP contribution in [0.2, 0.25) is 0 Å². The summed E-state index contributed by atoms with van der Waals surface area (Å²) in [6.45, 7) is 8.78. The summed E-state index contributed by atoms with van der Waals surface area (Å²) >= 11 is 1.45. The highest BCUT2D eigenvalue weighted by Crippen LogP contribution is 2.29. The van der Waals surface area contributed by atoms with Gasteiger partial charge in [-0.1, -0.05) is 48.5 Å². The van der Waals surface area contributed by atoms with E-state index in [1.54, 1.807) is 0 Å². The number of hydrogen-bond donors (Lipinski definition) is 1. The average Bonchev–Trinajstić information content (AvgIpc) is 3.19. The molecule has 1 aromatic heterocycles. The van der Waals surface area contributed by atoms with Crippen LogP contribution in [-0.4, -0.2) is 59.3 Å². The quantitative estimate of drug-likeness (QED) is 0.637. The first-order valence-electron chi connectivity index (χ1n) is 10.8. The first kappa shape index (κ1) is 22.2. The van der Waals surface area contributed by atoms with Gasteiger partial charge in [0.05, 0.1) is 12.2 Å². The van der Waals surface area contributed by atoms with Crippen LogP contribution >= 0.6 is 11.3 Å². The number of carbonyl (C=O) groups excluding carboxylic acids is 2. The van der Waals surface area contributed by atoms with Crippen molar-refractivity contribution >= 4 is 28.8 Å². The first-order chi connectivity index (χ1) is 15.4. The number of amides is 2. The van der Waals surface area contributed by atoms with Crippen LogP contribution in [0.3, 0.4) is 0 Å². The van der Waals surface area contributed by atoms with Crippen LogP contribution in [0.15, 0.2) is 48.5 Å². The number of anilines is 1. The molecule has 0 radical (unpaired) electrons. The van der Waals surface area contributed by atoms with Gasteiger partial charge in [-0.15, -0.1) is 11.3 Å². The number of rotatable bonds is 5. The van der Waals surface area contributed by atoms with Gasteiger partial charge in [0.15, 0.2) is 0 Å². The third-order valence-electron chi connectivity index (χ3n) is 5.78. The molecule has 6 nitrogen and oxygen atoms in total. The molecule has 1 saturated heterocycles. The van der Waals surface area contributed by atoms with E-state index in [0.29, 0.717) is 37.6 Å². The van der Waals surface area contributed by atoms with Crippen molar-refractivity contribution in [1.29, 1.82) is 0 Å². The topological polar surface area (TPSA) is 65.5 Å². The number of benzene rings is 2. The maximum Gasteiger partial charge on any atom is 0.265 e. The maximum absolute atomic E-state index is 13.1. The monoisotopic (exact) mass is 448 g/mol. The van der Waals surface area contributed by atoms with Crippen LogP contribution in [0.1, 0.15) is 26.5 Å². The van der Waals surface area contributed by atoms with Gasteiger partial charge in [-0.2, -0.15) is 0 Å². The maximum atomic E-state index is 13.1. The average molecular weight is 449 g/mol. The molecule has 0 atom stereocenters. The van der Waals surface area contributed by atoms with E-state index in [1.807, 2.05) is 74.2 Å². The van der Waals surface area contributed by atoms with Crippen molar-refractivity contribution in [2.24, 2.45) is 0 Å². The minimum Gasteiger partial charge on any atom is -0.335 e. The van der Waals surface area contributed by atoms with Crippen molar-refractivity contribution in [3.8, 4) is 10.6 Å². The molecular weight excluding hydrogens is 420 g/mol. The van der Waals surface area contributed by atoms with E-state index >= 15 is 0 Å². The Bertz CT molecular complexity index is 1100. The molecule has 0 aliphatic carbocycles. The van der Waals surface area contributed by atoms with Crippen LogP contribution in [0.5, 0.6) is 0 Å². The highest BCUT2D eigenvalue weighted by atomic mass is 32.1. The molecular formula is C25H28N4O2S. The molecule has 0 unspecified atom stereocenters. The van der Waals surface area contributed by atoms with Gasteiger partial charge in [-0.25, -0.2) is 4.98 Å². The fraction of sp³-hybridized carbons (Fsp3) is 0.320. The Hall–Kier alpha value is -3.03. The van der Waals surface area contributed by atoms with Crippen molar-refractivity contribution < 1.29 is 9.59 Å². The molecule has 3 aromatic rings. The first-order valence-corrected chi connectivity index (χ1v) is 11.6. The van der Waals surface area contributed by atoms with E-state index in [4.69, 9.17) is 0 Å². The summed E-state index contributed by atoms with van der Waals surface area (Å²) < 4.78 is 0. The zero-order valence-corrected chi connectivity index (χ0v) is 19.5. The third kappa shape index (κ3) is 4.89. The van der Waals surface area contributed by atoms with Gasteiger partial charge < -0.3 is 10.2 Å². The summed E-state index contributed by atoms with van der Waals surface area (Å²) in [7, 11) is 0. The summed E-state index contributed by atoms with van der Waals surface area (Å²) in [5.41, 5.74) is 4.81. The molecule has 2 heterocycles. The second-order valence-electron chi connectivity index (χ2n) is 8.18. The molecule has 166 valence electrons. The SMILES string of the molecule is Cc1cccc(C)c1NC(=O)CN1CCN(C(=O)c2sc(-c3ccccc3)nc2C)CC1. The second-order valence-corrected chi connectivity index (χ2v) is 9.18. The number of aryl methyl sites for hydroxylation is 3. The van der Waals surface area contributed by atoms with E-state index in [2.05, 4.69) is 15.2 Å². The van der Waals surface area contributed by atoms with Crippen molar-refractivity contribution in [1.82, 2.24) is 14.8 Å². The number of carbonyl (C=O) groups is 2. The van der Waals surface area contributed by atoms with Crippen molar-refractivity contribution in [2.45, 2.75) is 20.8 Å². The molecule has 0 spiro atoms. The number of hydrogen-bond acceptors (Lipinski definition) is 5. The lowest BCUT2D eigenvalue weighted by Crippen LogP contribution is -2.50. The minimum atomic E-state index is -0.0204. The Labute approximate surface area is 192 Å². The van der Waals surface area contributed by atoms with E-state index in [0.717, 1.165) is 33.1 Å². The summed E-state index contributed by atoms with van der Waals surface area (Å²) in [5, 5.41) is 3.91. The van der Waals surface area contributed by atoms with E-state index in [9.17, 15) is 9.59 Å². The molecule has 2 aromatic carbocycles. The molecule has 1 fully saturated rings. The Kier molecular flexibility index (Phi) is 6.67. The number of thiazole rings is 1. The predicted octanol–water partition coefficient (Wildman–Crippen LogP) is 4.13. The summed E-state index contributed by atoms with van der Waals surface area (Å²) in [6, 6.07) is 15.9. The molecule has 1 aliphatic rings. The van der Waals surface area contributed by atoms with Gasteiger partial charge in [-0.3, -0.25) is 14.5 Å². The summed E-state index contributed by atoms with van der Waals surface area (Å²) in [4.78, 5) is 35.0. The molecule has 4 rings (SSSR count). The summed E-state index contributed by atoms with van der Waals surface area (Å²) in [6.07, 6.45) is 0. The van der Waals surface area contributed by atoms with Crippen LogP contribution < -0.4 is 5.32 Å². The Morgan fingerprint density at radius 1 is 0.938 bits per heavy atom. The summed E-state index contributed by atoms with van der Waals surface area (Å²) in [5.74, 6) is 0.00907. The van der Waals surface area contributed by atoms with Crippen LogP contribution in [0.4, 0.5) is 5.69 Å². The molecule has 0 saturated carbocycles. The molecule has 1 N–H and O–H groups in total. The second kappa shape index (κ2) is 9.63.